The van der Waals surface area contributed by atoms with E-state index in [-0.39, 0.29) is 18.4 Å². The number of carbonyl (C=O) groups is 1. The van der Waals surface area contributed by atoms with Crippen LogP contribution in [0.1, 0.15) is 18.4 Å². The first-order chi connectivity index (χ1) is 7.88. The van der Waals surface area contributed by atoms with Gasteiger partial charge in [0.2, 0.25) is 0 Å². The summed E-state index contributed by atoms with van der Waals surface area (Å²) >= 11 is 0. The van der Waals surface area contributed by atoms with Gasteiger partial charge in [0.05, 0.1) is 16.4 Å². The van der Waals surface area contributed by atoms with Crippen molar-refractivity contribution in [2.75, 3.05) is 0 Å². The molecule has 0 bridgehead atoms. The highest BCUT2D eigenvalue weighted by molar-refractivity contribution is 5.86. The van der Waals surface area contributed by atoms with Crippen molar-refractivity contribution in [1.29, 1.82) is 0 Å². The monoisotopic (exact) mass is 241 g/mol. The molecule has 2 N–H and O–H groups in total. The van der Waals surface area contributed by atoms with Gasteiger partial charge in [-0.2, -0.15) is 0 Å². The van der Waals surface area contributed by atoms with Gasteiger partial charge >= 0.3 is 5.97 Å². The lowest BCUT2D eigenvalue weighted by molar-refractivity contribution is -0.385. The van der Waals surface area contributed by atoms with Gasteiger partial charge in [0, 0.05) is 11.6 Å². The molecule has 0 aliphatic heterocycles. The molecule has 0 saturated heterocycles. The van der Waals surface area contributed by atoms with Crippen molar-refractivity contribution in [2.24, 2.45) is 0 Å². The third kappa shape index (κ3) is 1.59. The number of hydrogen-bond donors (Lipinski definition) is 2. The molecule has 1 aliphatic rings. The number of benzene rings is 1. The molecule has 0 heterocycles. The van der Waals surface area contributed by atoms with Crippen molar-refractivity contribution >= 4 is 11.7 Å². The lowest BCUT2D eigenvalue weighted by Gasteiger charge is -2.12. The third-order valence-corrected chi connectivity index (χ3v) is 2.93. The van der Waals surface area contributed by atoms with E-state index in [0.29, 0.717) is 6.07 Å². The first kappa shape index (κ1) is 11.3. The topological polar surface area (TPSA) is 101 Å². The Morgan fingerprint density at radius 3 is 2.47 bits per heavy atom. The van der Waals surface area contributed by atoms with Crippen LogP contribution in [0.25, 0.3) is 0 Å². The van der Waals surface area contributed by atoms with Crippen LogP contribution in [-0.4, -0.2) is 21.1 Å². The molecule has 1 saturated carbocycles. The van der Waals surface area contributed by atoms with Crippen LogP contribution in [0.15, 0.2) is 12.1 Å². The second-order valence-electron chi connectivity index (χ2n) is 3.97. The normalized spacial score (nSPS) is 16.5. The average Bonchev–Trinajstić information content (AvgIpc) is 3.02. The van der Waals surface area contributed by atoms with Crippen LogP contribution >= 0.6 is 0 Å². The van der Waals surface area contributed by atoms with E-state index in [9.17, 15) is 24.4 Å². The quantitative estimate of drug-likeness (QED) is 0.617. The third-order valence-electron chi connectivity index (χ3n) is 2.93. The Morgan fingerprint density at radius 2 is 2.06 bits per heavy atom. The highest BCUT2D eigenvalue weighted by Crippen LogP contribution is 2.52. The number of halogens is 1. The predicted octanol–water partition coefficient (Wildman–Crippen LogP) is 1.56. The molecular formula is C10H8FNO5. The minimum atomic E-state index is -1.38. The van der Waals surface area contributed by atoms with Gasteiger partial charge in [-0.15, -0.1) is 0 Å². The van der Waals surface area contributed by atoms with Gasteiger partial charge in [0.1, 0.15) is 0 Å². The van der Waals surface area contributed by atoms with Crippen molar-refractivity contribution in [3.8, 4) is 5.75 Å². The fourth-order valence-electron chi connectivity index (χ4n) is 1.78. The standard InChI is InChI=1S/C10H8FNO5/c11-7-4-5(12(16)17)3-6(8(7)13)10(1-2-10)9(14)15/h3-4,13H,1-2H2,(H,14,15). The number of aliphatic carboxylic acids is 1. The molecule has 7 heteroatoms. The van der Waals surface area contributed by atoms with Crippen LogP contribution in [0.5, 0.6) is 5.75 Å². The Balaban J connectivity index is 2.61. The van der Waals surface area contributed by atoms with Crippen molar-refractivity contribution in [1.82, 2.24) is 0 Å². The zero-order valence-electron chi connectivity index (χ0n) is 8.51. The summed E-state index contributed by atoms with van der Waals surface area (Å²) in [5.41, 5.74) is -2.17. The number of nitrogens with zero attached hydrogens (tertiary/aromatic N) is 1. The summed E-state index contributed by atoms with van der Waals surface area (Å²) in [6.45, 7) is 0. The number of hydrogen-bond acceptors (Lipinski definition) is 4. The zero-order valence-corrected chi connectivity index (χ0v) is 8.51. The van der Waals surface area contributed by atoms with Gasteiger partial charge < -0.3 is 10.2 Å². The highest BCUT2D eigenvalue weighted by atomic mass is 19.1. The van der Waals surface area contributed by atoms with E-state index in [0.717, 1.165) is 6.07 Å². The molecule has 6 nitrogen and oxygen atoms in total. The average molecular weight is 241 g/mol. The summed E-state index contributed by atoms with van der Waals surface area (Å²) in [5, 5.41) is 29.0. The number of phenolic OH excluding ortho intramolecular Hbond substituents is 1. The van der Waals surface area contributed by atoms with Crippen LogP contribution in [0.4, 0.5) is 10.1 Å². The van der Waals surface area contributed by atoms with Crippen LogP contribution in [0.2, 0.25) is 0 Å². The molecule has 0 spiro atoms. The second-order valence-corrected chi connectivity index (χ2v) is 3.97. The fourth-order valence-corrected chi connectivity index (χ4v) is 1.78. The number of carboxylic acid groups (broad SMARTS) is 1. The van der Waals surface area contributed by atoms with E-state index in [2.05, 4.69) is 0 Å². The van der Waals surface area contributed by atoms with Gasteiger partial charge in [-0.25, -0.2) is 4.39 Å². The molecule has 0 atom stereocenters. The molecule has 1 aromatic carbocycles. The maximum atomic E-state index is 13.3. The van der Waals surface area contributed by atoms with Crippen molar-refractivity contribution in [3.05, 3.63) is 33.6 Å². The Labute approximate surface area is 94.5 Å². The van der Waals surface area contributed by atoms with Crippen LogP contribution < -0.4 is 0 Å². The van der Waals surface area contributed by atoms with Crippen LogP contribution in [0.3, 0.4) is 0 Å². The first-order valence-electron chi connectivity index (χ1n) is 4.79. The molecule has 0 unspecified atom stereocenters. The molecule has 1 aromatic rings. The zero-order chi connectivity index (χ0) is 12.8. The van der Waals surface area contributed by atoms with Gasteiger partial charge in [0.25, 0.3) is 5.69 Å². The van der Waals surface area contributed by atoms with Crippen LogP contribution in [0, 0.1) is 15.9 Å². The van der Waals surface area contributed by atoms with E-state index < -0.39 is 33.6 Å². The molecule has 17 heavy (non-hydrogen) atoms. The Kier molecular flexibility index (Phi) is 2.27. The Morgan fingerprint density at radius 1 is 1.47 bits per heavy atom. The summed E-state index contributed by atoms with van der Waals surface area (Å²) < 4.78 is 13.3. The molecule has 0 radical (unpaired) electrons. The number of nitro benzene ring substituents is 1. The van der Waals surface area contributed by atoms with E-state index >= 15 is 0 Å². The first-order valence-corrected chi connectivity index (χ1v) is 4.79. The molecule has 0 amide bonds. The lowest BCUT2D eigenvalue weighted by Crippen LogP contribution is -2.20. The minimum Gasteiger partial charge on any atom is -0.505 e. The Bertz CT molecular complexity index is 524. The van der Waals surface area contributed by atoms with E-state index in [1.54, 1.807) is 0 Å². The molecule has 1 aliphatic carbocycles. The minimum absolute atomic E-state index is 0.225. The predicted molar refractivity (Wildman–Crippen MR) is 53.3 cm³/mol. The van der Waals surface area contributed by atoms with E-state index in [1.165, 1.54) is 0 Å². The van der Waals surface area contributed by atoms with Gasteiger partial charge in [-0.1, -0.05) is 0 Å². The number of nitro groups is 1. The fraction of sp³-hybridized carbons (Fsp3) is 0.300. The highest BCUT2D eigenvalue weighted by Gasteiger charge is 2.54. The maximum Gasteiger partial charge on any atom is 0.314 e. The van der Waals surface area contributed by atoms with Gasteiger partial charge in [0.15, 0.2) is 11.6 Å². The molecule has 0 aromatic heterocycles. The summed E-state index contributed by atoms with van der Waals surface area (Å²) in [6, 6.07) is 1.48. The SMILES string of the molecule is O=C(O)C1(c2cc([N+](=O)[O-])cc(F)c2O)CC1. The Hall–Kier alpha value is -2.18. The van der Waals surface area contributed by atoms with Gasteiger partial charge in [-0.3, -0.25) is 14.9 Å². The summed E-state index contributed by atoms with van der Waals surface area (Å²) in [5.74, 6) is -3.22. The summed E-state index contributed by atoms with van der Waals surface area (Å²) in [4.78, 5) is 20.7. The molecule has 1 fully saturated rings. The van der Waals surface area contributed by atoms with E-state index in [4.69, 9.17) is 5.11 Å². The van der Waals surface area contributed by atoms with Crippen molar-refractivity contribution in [3.63, 3.8) is 0 Å². The number of carboxylic acids is 1. The largest absolute Gasteiger partial charge is 0.505 e. The number of aromatic hydroxyl groups is 1. The summed E-state index contributed by atoms with van der Waals surface area (Å²) in [6.07, 6.45) is 0.465. The van der Waals surface area contributed by atoms with Crippen molar-refractivity contribution < 1.29 is 24.3 Å². The van der Waals surface area contributed by atoms with E-state index in [1.807, 2.05) is 0 Å². The number of non-ortho nitro benzene ring substituents is 1. The van der Waals surface area contributed by atoms with Crippen molar-refractivity contribution in [2.45, 2.75) is 18.3 Å². The molecule has 2 rings (SSSR count). The smallest absolute Gasteiger partial charge is 0.314 e. The summed E-state index contributed by atoms with van der Waals surface area (Å²) in [7, 11) is 0. The number of rotatable bonds is 3. The van der Waals surface area contributed by atoms with Crippen LogP contribution in [-0.2, 0) is 10.2 Å². The number of phenols is 1. The lowest BCUT2D eigenvalue weighted by atomic mass is 9.94. The second kappa shape index (κ2) is 3.41. The molecular weight excluding hydrogens is 233 g/mol. The maximum absolute atomic E-state index is 13.3. The van der Waals surface area contributed by atoms with Gasteiger partial charge in [-0.05, 0) is 12.8 Å². The molecule has 90 valence electrons.